The zero-order valence-electron chi connectivity index (χ0n) is 11.5. The van der Waals surface area contributed by atoms with Crippen molar-refractivity contribution in [2.45, 2.75) is 45.6 Å². The fraction of sp³-hybridized carbons (Fsp3) is 0.625. The van der Waals surface area contributed by atoms with Crippen LogP contribution >= 0.6 is 0 Å². The summed E-state index contributed by atoms with van der Waals surface area (Å²) in [5, 5.41) is 3.60. The predicted molar refractivity (Wildman–Crippen MR) is 74.1 cm³/mol. The van der Waals surface area contributed by atoms with Gasteiger partial charge in [-0.05, 0) is 61.8 Å². The van der Waals surface area contributed by atoms with E-state index in [0.717, 1.165) is 24.6 Å². The van der Waals surface area contributed by atoms with Crippen LogP contribution in [0.25, 0.3) is 0 Å². The van der Waals surface area contributed by atoms with Gasteiger partial charge in [0.15, 0.2) is 0 Å². The molecule has 1 fully saturated rings. The lowest BCUT2D eigenvalue weighted by atomic mass is 9.91. The molecular weight excluding hydrogens is 225 g/mol. The van der Waals surface area contributed by atoms with Gasteiger partial charge in [0.1, 0.15) is 5.82 Å². The van der Waals surface area contributed by atoms with E-state index in [1.54, 1.807) is 6.07 Å². The van der Waals surface area contributed by atoms with Gasteiger partial charge in [-0.3, -0.25) is 0 Å². The van der Waals surface area contributed by atoms with Crippen LogP contribution in [0.3, 0.4) is 0 Å². The first-order valence-electron chi connectivity index (χ1n) is 7.11. The second kappa shape index (κ2) is 6.33. The zero-order valence-corrected chi connectivity index (χ0v) is 11.5. The van der Waals surface area contributed by atoms with Gasteiger partial charge < -0.3 is 5.32 Å². The Hall–Kier alpha value is -0.890. The number of hydrogen-bond acceptors (Lipinski definition) is 1. The van der Waals surface area contributed by atoms with Crippen molar-refractivity contribution in [3.05, 3.63) is 35.6 Å². The summed E-state index contributed by atoms with van der Waals surface area (Å²) >= 11 is 0. The third-order valence-electron chi connectivity index (χ3n) is 3.49. The van der Waals surface area contributed by atoms with Crippen molar-refractivity contribution >= 4 is 0 Å². The van der Waals surface area contributed by atoms with Gasteiger partial charge in [-0.25, -0.2) is 4.39 Å². The fourth-order valence-corrected chi connectivity index (χ4v) is 2.52. The Morgan fingerprint density at radius 2 is 2.11 bits per heavy atom. The molecule has 1 aliphatic rings. The van der Waals surface area contributed by atoms with Gasteiger partial charge in [-0.1, -0.05) is 26.0 Å². The van der Waals surface area contributed by atoms with E-state index >= 15 is 0 Å². The van der Waals surface area contributed by atoms with Gasteiger partial charge in [0.2, 0.25) is 0 Å². The molecule has 0 amide bonds. The Morgan fingerprint density at radius 3 is 2.72 bits per heavy atom. The van der Waals surface area contributed by atoms with E-state index in [-0.39, 0.29) is 5.82 Å². The average Bonchev–Trinajstić information content (AvgIpc) is 3.09. The molecule has 1 aliphatic carbocycles. The standard InChI is InChI=1S/C16H24FN/c1-12(2)8-14(11-18-16-6-7-16)9-13-4-3-5-15(17)10-13/h3-5,10,12,14,16,18H,6-9,11H2,1-2H3. The van der Waals surface area contributed by atoms with Crippen molar-refractivity contribution in [3.8, 4) is 0 Å². The Morgan fingerprint density at radius 1 is 1.33 bits per heavy atom. The third kappa shape index (κ3) is 4.77. The average molecular weight is 249 g/mol. The topological polar surface area (TPSA) is 12.0 Å². The van der Waals surface area contributed by atoms with Gasteiger partial charge in [-0.15, -0.1) is 0 Å². The monoisotopic (exact) mass is 249 g/mol. The van der Waals surface area contributed by atoms with E-state index in [9.17, 15) is 4.39 Å². The molecule has 1 nitrogen and oxygen atoms in total. The molecule has 100 valence electrons. The van der Waals surface area contributed by atoms with Crippen molar-refractivity contribution in [3.63, 3.8) is 0 Å². The normalized spacial score (nSPS) is 17.1. The van der Waals surface area contributed by atoms with Crippen LogP contribution < -0.4 is 5.32 Å². The van der Waals surface area contributed by atoms with E-state index in [1.807, 2.05) is 12.1 Å². The Bertz CT molecular complexity index is 371. The lowest BCUT2D eigenvalue weighted by Crippen LogP contribution is -2.27. The van der Waals surface area contributed by atoms with E-state index in [0.29, 0.717) is 11.8 Å². The quantitative estimate of drug-likeness (QED) is 0.775. The highest BCUT2D eigenvalue weighted by molar-refractivity contribution is 5.17. The summed E-state index contributed by atoms with van der Waals surface area (Å²) in [6.45, 7) is 5.59. The molecule has 1 atom stereocenters. The SMILES string of the molecule is CC(C)CC(CNC1CC1)Cc1cccc(F)c1. The van der Waals surface area contributed by atoms with Crippen molar-refractivity contribution in [1.29, 1.82) is 0 Å². The molecular formula is C16H24FN. The molecule has 0 spiro atoms. The molecule has 1 unspecified atom stereocenters. The fourth-order valence-electron chi connectivity index (χ4n) is 2.52. The smallest absolute Gasteiger partial charge is 0.123 e. The highest BCUT2D eigenvalue weighted by atomic mass is 19.1. The van der Waals surface area contributed by atoms with Crippen molar-refractivity contribution in [2.24, 2.45) is 11.8 Å². The summed E-state index contributed by atoms with van der Waals surface area (Å²) in [5.74, 6) is 1.20. The van der Waals surface area contributed by atoms with Crippen molar-refractivity contribution in [1.82, 2.24) is 5.32 Å². The molecule has 1 aromatic rings. The van der Waals surface area contributed by atoms with Crippen molar-refractivity contribution in [2.75, 3.05) is 6.54 Å². The third-order valence-corrected chi connectivity index (χ3v) is 3.49. The molecule has 2 heteroatoms. The molecule has 0 radical (unpaired) electrons. The number of hydrogen-bond donors (Lipinski definition) is 1. The Kier molecular flexibility index (Phi) is 4.76. The summed E-state index contributed by atoms with van der Waals surface area (Å²) < 4.78 is 13.2. The summed E-state index contributed by atoms with van der Waals surface area (Å²) in [7, 11) is 0. The van der Waals surface area contributed by atoms with Crippen LogP contribution in [0, 0.1) is 17.7 Å². The highest BCUT2D eigenvalue weighted by Crippen LogP contribution is 2.22. The maximum absolute atomic E-state index is 13.2. The Balaban J connectivity index is 1.89. The molecule has 0 saturated heterocycles. The second-order valence-corrected chi connectivity index (χ2v) is 6.01. The maximum Gasteiger partial charge on any atom is 0.123 e. The molecule has 0 aliphatic heterocycles. The minimum Gasteiger partial charge on any atom is -0.314 e. The Labute approximate surface area is 110 Å². The van der Waals surface area contributed by atoms with Crippen LogP contribution in [0.5, 0.6) is 0 Å². The van der Waals surface area contributed by atoms with Gasteiger partial charge in [0.05, 0.1) is 0 Å². The largest absolute Gasteiger partial charge is 0.314 e. The van der Waals surface area contributed by atoms with Crippen LogP contribution in [-0.2, 0) is 6.42 Å². The summed E-state index contributed by atoms with van der Waals surface area (Å²) in [4.78, 5) is 0. The molecule has 1 aromatic carbocycles. The van der Waals surface area contributed by atoms with Crippen molar-refractivity contribution < 1.29 is 4.39 Å². The molecule has 0 bridgehead atoms. The number of benzene rings is 1. The van der Waals surface area contributed by atoms with E-state index < -0.39 is 0 Å². The minimum absolute atomic E-state index is 0.119. The van der Waals surface area contributed by atoms with Crippen LogP contribution in [0.2, 0.25) is 0 Å². The molecule has 1 saturated carbocycles. The maximum atomic E-state index is 13.2. The summed E-state index contributed by atoms with van der Waals surface area (Å²) in [6, 6.07) is 7.79. The molecule has 1 N–H and O–H groups in total. The lowest BCUT2D eigenvalue weighted by Gasteiger charge is -2.20. The molecule has 0 aromatic heterocycles. The summed E-state index contributed by atoms with van der Waals surface area (Å²) in [5.41, 5.74) is 1.12. The number of rotatable bonds is 7. The zero-order chi connectivity index (χ0) is 13.0. The van der Waals surface area contributed by atoms with E-state index in [2.05, 4.69) is 19.2 Å². The van der Waals surface area contributed by atoms with Gasteiger partial charge in [-0.2, -0.15) is 0 Å². The van der Waals surface area contributed by atoms with Crippen LogP contribution in [0.4, 0.5) is 4.39 Å². The summed E-state index contributed by atoms with van der Waals surface area (Å²) in [6.07, 6.45) is 4.84. The first-order chi connectivity index (χ1) is 8.63. The van der Waals surface area contributed by atoms with Crippen LogP contribution in [0.15, 0.2) is 24.3 Å². The van der Waals surface area contributed by atoms with Crippen LogP contribution in [-0.4, -0.2) is 12.6 Å². The highest BCUT2D eigenvalue weighted by Gasteiger charge is 2.22. The van der Waals surface area contributed by atoms with Crippen LogP contribution in [0.1, 0.15) is 38.7 Å². The second-order valence-electron chi connectivity index (χ2n) is 6.01. The molecule has 2 rings (SSSR count). The van der Waals surface area contributed by atoms with Gasteiger partial charge in [0, 0.05) is 6.04 Å². The van der Waals surface area contributed by atoms with Gasteiger partial charge in [0.25, 0.3) is 0 Å². The first-order valence-corrected chi connectivity index (χ1v) is 7.11. The van der Waals surface area contributed by atoms with Gasteiger partial charge >= 0.3 is 0 Å². The molecule has 18 heavy (non-hydrogen) atoms. The molecule has 0 heterocycles. The lowest BCUT2D eigenvalue weighted by molar-refractivity contribution is 0.383. The number of halogens is 1. The number of nitrogens with one attached hydrogen (secondary N) is 1. The minimum atomic E-state index is -0.119. The predicted octanol–water partition coefficient (Wildman–Crippen LogP) is 3.78. The van der Waals surface area contributed by atoms with E-state index in [1.165, 1.54) is 25.3 Å². The van der Waals surface area contributed by atoms with E-state index in [4.69, 9.17) is 0 Å². The first kappa shape index (κ1) is 13.5.